The zero-order valence-corrected chi connectivity index (χ0v) is 11.0. The van der Waals surface area contributed by atoms with Gasteiger partial charge in [0.05, 0.1) is 11.3 Å². The van der Waals surface area contributed by atoms with E-state index in [0.29, 0.717) is 16.9 Å². The van der Waals surface area contributed by atoms with Gasteiger partial charge in [0.25, 0.3) is 0 Å². The summed E-state index contributed by atoms with van der Waals surface area (Å²) in [5, 5.41) is 2.75. The highest BCUT2D eigenvalue weighted by Gasteiger charge is 2.30. The lowest BCUT2D eigenvalue weighted by atomic mass is 10.1. The molecule has 0 atom stereocenters. The molecule has 0 unspecified atom stereocenters. The number of aromatic nitrogens is 4. The fourth-order valence-corrected chi connectivity index (χ4v) is 2.09. The van der Waals surface area contributed by atoms with Gasteiger partial charge in [-0.3, -0.25) is 10.1 Å². The van der Waals surface area contributed by atoms with Crippen molar-refractivity contribution in [1.29, 1.82) is 0 Å². The van der Waals surface area contributed by atoms with Gasteiger partial charge in [-0.15, -0.1) is 0 Å². The maximum absolute atomic E-state index is 12.5. The first-order chi connectivity index (χ1) is 9.84. The number of fused-ring (bicyclic) bond motifs is 1. The monoisotopic (exact) mass is 312 g/mol. The van der Waals surface area contributed by atoms with Gasteiger partial charge in [0.1, 0.15) is 0 Å². The summed E-state index contributed by atoms with van der Waals surface area (Å²) in [6.07, 6.45) is -4.39. The fraction of sp³-hybridized carbons (Fsp3) is 0.0833. The first-order valence-electron chi connectivity index (χ1n) is 5.74. The second-order valence-electron chi connectivity index (χ2n) is 4.29. The molecule has 0 aliphatic carbocycles. The molecule has 0 radical (unpaired) electrons. The molecular formula is C12H7F3N4OS. The zero-order valence-electron chi connectivity index (χ0n) is 10.2. The van der Waals surface area contributed by atoms with Crippen LogP contribution in [0.1, 0.15) is 5.56 Å². The van der Waals surface area contributed by atoms with E-state index in [1.807, 2.05) is 0 Å². The topological polar surface area (TPSA) is 66.0 Å². The van der Waals surface area contributed by atoms with Gasteiger partial charge in [0, 0.05) is 6.07 Å². The normalized spacial score (nSPS) is 12.0. The van der Waals surface area contributed by atoms with Crippen LogP contribution in [0.5, 0.6) is 0 Å². The third-order valence-corrected chi connectivity index (χ3v) is 3.08. The van der Waals surface area contributed by atoms with E-state index in [0.717, 1.165) is 16.6 Å². The van der Waals surface area contributed by atoms with Gasteiger partial charge in [-0.05, 0) is 29.9 Å². The second kappa shape index (κ2) is 4.55. The lowest BCUT2D eigenvalue weighted by molar-refractivity contribution is -0.137. The Morgan fingerprint density at radius 1 is 1.19 bits per heavy atom. The number of hydrogen-bond donors (Lipinski definition) is 2. The molecule has 1 aromatic carbocycles. The highest BCUT2D eigenvalue weighted by atomic mass is 32.1. The third-order valence-electron chi connectivity index (χ3n) is 2.89. The Labute approximate surface area is 120 Å². The molecule has 0 fully saturated rings. The Hall–Kier alpha value is -2.42. The molecule has 2 aromatic heterocycles. The van der Waals surface area contributed by atoms with Crippen LogP contribution in [0.3, 0.4) is 0 Å². The summed E-state index contributed by atoms with van der Waals surface area (Å²) in [6, 6.07) is 6.12. The highest BCUT2D eigenvalue weighted by molar-refractivity contribution is 7.71. The van der Waals surface area contributed by atoms with Crippen LogP contribution in [0.2, 0.25) is 0 Å². The molecule has 0 amide bonds. The number of aromatic amines is 2. The van der Waals surface area contributed by atoms with E-state index < -0.39 is 17.4 Å². The van der Waals surface area contributed by atoms with Crippen LogP contribution in [-0.2, 0) is 6.18 Å². The average Bonchev–Trinajstić information content (AvgIpc) is 2.82. The molecule has 0 saturated heterocycles. The van der Waals surface area contributed by atoms with E-state index in [4.69, 9.17) is 12.2 Å². The van der Waals surface area contributed by atoms with Crippen LogP contribution < -0.4 is 5.69 Å². The van der Waals surface area contributed by atoms with Crippen LogP contribution >= 0.6 is 12.2 Å². The molecule has 3 aromatic rings. The molecule has 0 aliphatic heterocycles. The van der Waals surface area contributed by atoms with Crippen LogP contribution in [0.15, 0.2) is 35.1 Å². The number of rotatable bonds is 1. The summed E-state index contributed by atoms with van der Waals surface area (Å²) in [4.78, 5) is 17.9. The summed E-state index contributed by atoms with van der Waals surface area (Å²) < 4.78 is 38.7. The summed E-state index contributed by atoms with van der Waals surface area (Å²) in [5.74, 6) is 0. The van der Waals surface area contributed by atoms with Gasteiger partial charge in [-0.1, -0.05) is 12.1 Å². The van der Waals surface area contributed by atoms with Crippen molar-refractivity contribution in [2.45, 2.75) is 6.18 Å². The summed E-state index contributed by atoms with van der Waals surface area (Å²) in [5.41, 5.74) is 0.0155. The molecule has 0 saturated carbocycles. The molecule has 21 heavy (non-hydrogen) atoms. The summed E-state index contributed by atoms with van der Waals surface area (Å²) in [6.45, 7) is 0. The molecule has 2 heterocycles. The molecule has 2 N–H and O–H groups in total. The van der Waals surface area contributed by atoms with Crippen LogP contribution in [0.25, 0.3) is 16.9 Å². The van der Waals surface area contributed by atoms with Crippen molar-refractivity contribution in [2.24, 2.45) is 0 Å². The average molecular weight is 312 g/mol. The maximum atomic E-state index is 12.5. The smallest absolute Gasteiger partial charge is 0.288 e. The number of hydrogen-bond acceptors (Lipinski definition) is 3. The first-order valence-corrected chi connectivity index (χ1v) is 6.15. The lowest BCUT2D eigenvalue weighted by Gasteiger charge is -2.06. The standard InChI is InChI=1S/C12H7F3N4OS/c13-12(14,15)7-3-1-6(2-4-7)8-5-9-16-10(21)17-11(20)19(9)18-8/h1-5,18H,(H,17,20,21). The largest absolute Gasteiger partial charge is 0.416 e. The third kappa shape index (κ3) is 2.47. The minimum atomic E-state index is -4.39. The minimum absolute atomic E-state index is 0.0398. The van der Waals surface area contributed by atoms with E-state index in [2.05, 4.69) is 15.1 Å². The molecule has 5 nitrogen and oxygen atoms in total. The minimum Gasteiger partial charge on any atom is -0.288 e. The Morgan fingerprint density at radius 3 is 2.48 bits per heavy atom. The van der Waals surface area contributed by atoms with Crippen molar-refractivity contribution in [1.82, 2.24) is 19.6 Å². The number of nitrogens with one attached hydrogen (secondary N) is 2. The zero-order chi connectivity index (χ0) is 15.2. The Bertz CT molecular complexity index is 921. The fourth-order valence-electron chi connectivity index (χ4n) is 1.91. The van der Waals surface area contributed by atoms with E-state index in [1.165, 1.54) is 18.2 Å². The van der Waals surface area contributed by atoms with Crippen molar-refractivity contribution >= 4 is 17.9 Å². The van der Waals surface area contributed by atoms with Crippen molar-refractivity contribution in [3.05, 3.63) is 51.2 Å². The molecular weight excluding hydrogens is 305 g/mol. The number of H-pyrrole nitrogens is 2. The van der Waals surface area contributed by atoms with Crippen LogP contribution in [-0.4, -0.2) is 19.6 Å². The van der Waals surface area contributed by atoms with Crippen LogP contribution in [0, 0.1) is 4.77 Å². The van der Waals surface area contributed by atoms with Crippen molar-refractivity contribution < 1.29 is 13.2 Å². The molecule has 0 aliphatic rings. The quantitative estimate of drug-likeness (QED) is 0.679. The predicted octanol–water partition coefficient (Wildman–Crippen LogP) is 2.77. The maximum Gasteiger partial charge on any atom is 0.416 e. The van der Waals surface area contributed by atoms with Gasteiger partial charge in [0.2, 0.25) is 4.77 Å². The highest BCUT2D eigenvalue weighted by Crippen LogP contribution is 2.30. The van der Waals surface area contributed by atoms with E-state index in [-0.39, 0.29) is 4.77 Å². The van der Waals surface area contributed by atoms with Gasteiger partial charge >= 0.3 is 11.9 Å². The Morgan fingerprint density at radius 2 is 1.86 bits per heavy atom. The number of nitrogens with zero attached hydrogens (tertiary/aromatic N) is 2. The van der Waals surface area contributed by atoms with Crippen molar-refractivity contribution in [3.8, 4) is 11.3 Å². The van der Waals surface area contributed by atoms with Gasteiger partial charge in [0.15, 0.2) is 5.65 Å². The van der Waals surface area contributed by atoms with Gasteiger partial charge < -0.3 is 0 Å². The van der Waals surface area contributed by atoms with Crippen molar-refractivity contribution in [3.63, 3.8) is 0 Å². The van der Waals surface area contributed by atoms with Crippen molar-refractivity contribution in [2.75, 3.05) is 0 Å². The molecule has 9 heteroatoms. The molecule has 108 valence electrons. The molecule has 0 spiro atoms. The van der Waals surface area contributed by atoms with E-state index in [1.54, 1.807) is 0 Å². The lowest BCUT2D eigenvalue weighted by Crippen LogP contribution is -2.18. The number of benzene rings is 1. The Kier molecular flexibility index (Phi) is 2.94. The predicted molar refractivity (Wildman–Crippen MR) is 71.4 cm³/mol. The molecule has 3 rings (SSSR count). The number of halogens is 3. The van der Waals surface area contributed by atoms with Crippen LogP contribution in [0.4, 0.5) is 13.2 Å². The van der Waals surface area contributed by atoms with E-state index in [9.17, 15) is 18.0 Å². The summed E-state index contributed by atoms with van der Waals surface area (Å²) >= 11 is 4.79. The van der Waals surface area contributed by atoms with Gasteiger partial charge in [-0.25, -0.2) is 9.78 Å². The number of alkyl halides is 3. The van der Waals surface area contributed by atoms with E-state index >= 15 is 0 Å². The Balaban J connectivity index is 2.11. The second-order valence-corrected chi connectivity index (χ2v) is 4.67. The summed E-state index contributed by atoms with van der Waals surface area (Å²) in [7, 11) is 0. The first kappa shape index (κ1) is 13.6. The SMILES string of the molecule is O=c1[nH]c(=S)nc2cc(-c3ccc(C(F)(F)F)cc3)[nH]n12. The van der Waals surface area contributed by atoms with Gasteiger partial charge in [-0.2, -0.15) is 17.7 Å². The molecule has 0 bridgehead atoms.